The molecule has 0 heterocycles. The second-order valence-electron chi connectivity index (χ2n) is 1.22. The van der Waals surface area contributed by atoms with Crippen LogP contribution < -0.4 is 0 Å². The minimum atomic E-state index is -5.17. The molecule has 0 aliphatic carbocycles. The van der Waals surface area contributed by atoms with E-state index >= 15 is 0 Å². The Morgan fingerprint density at radius 2 is 0.471 bits per heavy atom. The van der Waals surface area contributed by atoms with Gasteiger partial charge in [-0.1, -0.05) is 0 Å². The third kappa shape index (κ3) is 2170. The van der Waals surface area contributed by atoms with Crippen LogP contribution in [0.15, 0.2) is 0 Å². The summed E-state index contributed by atoms with van der Waals surface area (Å²) in [6, 6.07) is 0. The van der Waals surface area contributed by atoms with Crippen LogP contribution in [-0.4, -0.2) is 105 Å². The van der Waals surface area contributed by atoms with Crippen molar-refractivity contribution >= 4 is 83.6 Å². The third-order valence-corrected chi connectivity index (χ3v) is 0. The Labute approximate surface area is 153 Å². The standard InChI is InChI=1S/2Bi.3H2O4S.12H2/c;;3*1-5(2,3)4;;;;;;;;;;;;/h;;3*(H2,1,2,3,4);12*1H/q2*+3;;;;;;;;;;;;;;;/p-6. The topological polar surface area (TPSA) is 241 Å². The van der Waals surface area contributed by atoms with Gasteiger partial charge in [-0.05, 0) is 0 Å². The molecule has 0 aromatic heterocycles. The molecule has 0 spiro atoms. The zero-order valence-electron chi connectivity index (χ0n) is 7.02. The van der Waals surface area contributed by atoms with E-state index in [1.54, 1.807) is 0 Å². The molecule has 4 radical (unpaired) electrons. The van der Waals surface area contributed by atoms with Crippen LogP contribution in [0.4, 0.5) is 0 Å². The predicted octanol–water partition coefficient (Wildman–Crippen LogP) is -1.82. The fraction of sp³-hybridized carbons (Fsp3) is 0. The van der Waals surface area contributed by atoms with E-state index in [0.29, 0.717) is 0 Å². The summed E-state index contributed by atoms with van der Waals surface area (Å²) in [6.07, 6.45) is 0. The Kier molecular flexibility index (Phi) is 22.6. The normalized spacial score (nSPS) is 10.2. The Hall–Kier alpha value is 1.38. The first-order chi connectivity index (χ1) is 6.00. The van der Waals surface area contributed by atoms with Gasteiger partial charge in [-0.2, -0.15) is 0 Å². The van der Waals surface area contributed by atoms with E-state index in [1.807, 2.05) is 0 Å². The number of hydrogen-bond donors (Lipinski definition) is 0. The van der Waals surface area contributed by atoms with Crippen LogP contribution in [0.25, 0.3) is 0 Å². The second kappa shape index (κ2) is 12.4. The number of rotatable bonds is 0. The summed E-state index contributed by atoms with van der Waals surface area (Å²) in [6.45, 7) is 0. The maximum absolute atomic E-state index is 8.52. The minimum absolute atomic E-state index is 0. The molecular formula is H24Bi2O12S3. The molecule has 0 unspecified atom stereocenters. The molecule has 124 valence electrons. The summed E-state index contributed by atoms with van der Waals surface area (Å²) in [5, 5.41) is 0. The Morgan fingerprint density at radius 3 is 0.471 bits per heavy atom. The van der Waals surface area contributed by atoms with Crippen LogP contribution in [0.5, 0.6) is 0 Å². The quantitative estimate of drug-likeness (QED) is 0.152. The van der Waals surface area contributed by atoms with Gasteiger partial charge in [0.2, 0.25) is 0 Å². The van der Waals surface area contributed by atoms with Crippen molar-refractivity contribution in [1.82, 2.24) is 0 Å². The van der Waals surface area contributed by atoms with Crippen LogP contribution in [0, 0.1) is 0 Å². The average molecular weight is 730 g/mol. The van der Waals surface area contributed by atoms with Gasteiger partial charge in [-0.15, -0.1) is 0 Å². The summed E-state index contributed by atoms with van der Waals surface area (Å²) in [5.74, 6) is 0. The molecule has 0 rings (SSSR count). The molecule has 12 nitrogen and oxygen atoms in total. The van der Waals surface area contributed by atoms with E-state index in [9.17, 15) is 0 Å². The first-order valence-corrected chi connectivity index (χ1v) is 6.00. The minimum Gasteiger partial charge on any atom is -0.759 e. The molecule has 0 atom stereocenters. The predicted molar refractivity (Wildman–Crippen MR) is 68.3 cm³/mol. The van der Waals surface area contributed by atoms with Crippen molar-refractivity contribution in [3.8, 4) is 0 Å². The van der Waals surface area contributed by atoms with Gasteiger partial charge in [0.1, 0.15) is 0 Å². The van der Waals surface area contributed by atoms with Crippen molar-refractivity contribution in [2.24, 2.45) is 0 Å². The van der Waals surface area contributed by atoms with E-state index < -0.39 is 31.2 Å². The summed E-state index contributed by atoms with van der Waals surface area (Å²) in [7, 11) is -15.5. The van der Waals surface area contributed by atoms with Crippen molar-refractivity contribution < 1.29 is 69.7 Å². The molecular weight excluding hydrogens is 706 g/mol. The molecule has 0 N–H and O–H groups in total. The van der Waals surface area contributed by atoms with Gasteiger partial charge in [0.25, 0.3) is 0 Å². The van der Waals surface area contributed by atoms with Gasteiger partial charge in [0.15, 0.2) is 0 Å². The monoisotopic (exact) mass is 730 g/mol. The largest absolute Gasteiger partial charge is 3.00 e. The molecule has 0 amide bonds. The van der Waals surface area contributed by atoms with E-state index in [4.69, 9.17) is 52.6 Å². The van der Waals surface area contributed by atoms with Gasteiger partial charge in [0, 0.05) is 48.3 Å². The molecule has 0 aromatic carbocycles. The Morgan fingerprint density at radius 1 is 0.471 bits per heavy atom. The zero-order valence-corrected chi connectivity index (χ0v) is 16.4. The summed E-state index contributed by atoms with van der Waals surface area (Å²) < 4.78 is 102. The Bertz CT molecular complexity index is 369. The van der Waals surface area contributed by atoms with Crippen LogP contribution in [0.2, 0.25) is 0 Å². The molecule has 0 fully saturated rings. The van der Waals surface area contributed by atoms with Crippen molar-refractivity contribution in [3.63, 3.8) is 0 Å². The smallest absolute Gasteiger partial charge is 0.759 e. The zero-order chi connectivity index (χ0) is 13.5. The molecule has 17 heteroatoms. The fourth-order valence-corrected chi connectivity index (χ4v) is 0. The fourth-order valence-electron chi connectivity index (χ4n) is 0. The molecule has 0 aromatic rings. The van der Waals surface area contributed by atoms with Crippen molar-refractivity contribution in [1.29, 1.82) is 0 Å². The van der Waals surface area contributed by atoms with Crippen LogP contribution >= 0.6 is 0 Å². The van der Waals surface area contributed by atoms with Gasteiger partial charge in [0.05, 0.1) is 0 Å². The molecule has 0 saturated heterocycles. The van der Waals surface area contributed by atoms with E-state index in [-0.39, 0.29) is 69.5 Å². The van der Waals surface area contributed by atoms with Crippen molar-refractivity contribution in [3.05, 3.63) is 0 Å². The van der Waals surface area contributed by atoms with Crippen molar-refractivity contribution in [2.45, 2.75) is 0 Å². The SMILES string of the molecule is O=S(=O)([O-])[O-].O=S(=O)([O-])[O-].O=S(=O)([O-])[O-].[Bi+3].[Bi+3].[HH].[HH].[HH].[HH].[HH].[HH].[HH].[HH].[HH].[HH].[HH].[HH]. The Balaban J connectivity index is -0.00000000400. The van der Waals surface area contributed by atoms with Gasteiger partial charge >= 0.3 is 52.4 Å². The van der Waals surface area contributed by atoms with Gasteiger partial charge in [-0.25, -0.2) is 0 Å². The van der Waals surface area contributed by atoms with E-state index in [1.165, 1.54) is 0 Å². The maximum atomic E-state index is 8.52. The van der Waals surface area contributed by atoms with Crippen molar-refractivity contribution in [2.75, 3.05) is 0 Å². The third-order valence-electron chi connectivity index (χ3n) is 0. The molecule has 0 saturated carbocycles. The molecule has 0 aliphatic heterocycles. The van der Waals surface area contributed by atoms with Gasteiger partial charge < -0.3 is 27.3 Å². The maximum Gasteiger partial charge on any atom is 3.00 e. The summed E-state index contributed by atoms with van der Waals surface area (Å²) >= 11 is 0. The van der Waals surface area contributed by atoms with Crippen LogP contribution in [0.3, 0.4) is 0 Å². The van der Waals surface area contributed by atoms with E-state index in [2.05, 4.69) is 0 Å². The second-order valence-corrected chi connectivity index (χ2v) is 3.67. The van der Waals surface area contributed by atoms with E-state index in [0.717, 1.165) is 0 Å². The first kappa shape index (κ1) is 31.0. The molecule has 0 bridgehead atoms. The van der Waals surface area contributed by atoms with Crippen LogP contribution in [0.1, 0.15) is 17.1 Å². The summed E-state index contributed by atoms with van der Waals surface area (Å²) in [5.41, 5.74) is 0. The summed E-state index contributed by atoms with van der Waals surface area (Å²) in [4.78, 5) is 0. The first-order valence-electron chi connectivity index (χ1n) is 2.00. The molecule has 0 aliphatic rings. The average Bonchev–Trinajstić information content (AvgIpc) is 1.41. The molecule has 17 heavy (non-hydrogen) atoms. The van der Waals surface area contributed by atoms with Gasteiger partial charge in [-0.3, -0.25) is 25.3 Å². The number of hydrogen-bond acceptors (Lipinski definition) is 12. The van der Waals surface area contributed by atoms with Crippen LogP contribution in [-0.2, 0) is 31.2 Å².